The number of nitrogens with zero attached hydrogens (tertiary/aromatic N) is 2. The van der Waals surface area contributed by atoms with E-state index in [-0.39, 0.29) is 25.3 Å². The van der Waals surface area contributed by atoms with Crippen molar-refractivity contribution in [2.24, 2.45) is 0 Å². The smallest absolute Gasteiger partial charge is 0.126 e. The van der Waals surface area contributed by atoms with Crippen LogP contribution >= 0.6 is 0 Å². The maximum atomic E-state index is 10.1. The molecule has 1 rings (SSSR count). The van der Waals surface area contributed by atoms with Gasteiger partial charge < -0.3 is 40.5 Å². The highest BCUT2D eigenvalue weighted by Gasteiger charge is 2.29. The number of hydrogen-bond acceptors (Lipinski definition) is 10. The van der Waals surface area contributed by atoms with Crippen LogP contribution in [0.3, 0.4) is 0 Å². The average molecular weight is 348 g/mol. The Balaban J connectivity index is 2.69. The van der Waals surface area contributed by atoms with Gasteiger partial charge in [-0.25, -0.2) is 0 Å². The molecule has 1 heterocycles. The Morgan fingerprint density at radius 2 is 1.62 bits per heavy atom. The van der Waals surface area contributed by atoms with Crippen molar-refractivity contribution in [2.75, 3.05) is 26.4 Å². The number of rotatable bonds is 11. The van der Waals surface area contributed by atoms with Crippen LogP contribution in [0.5, 0.6) is 0 Å². The van der Waals surface area contributed by atoms with Gasteiger partial charge in [0.1, 0.15) is 24.4 Å². The van der Waals surface area contributed by atoms with Gasteiger partial charge in [0, 0.05) is 12.6 Å². The van der Waals surface area contributed by atoms with Crippen molar-refractivity contribution < 1.29 is 40.5 Å². The van der Waals surface area contributed by atoms with Crippen LogP contribution in [0, 0.1) is 0 Å². The monoisotopic (exact) mass is 348 g/mol. The second-order valence-corrected chi connectivity index (χ2v) is 5.20. The number of aromatic nitrogens is 2. The molecule has 0 spiro atoms. The first-order valence-corrected chi connectivity index (χ1v) is 7.41. The Morgan fingerprint density at radius 1 is 0.917 bits per heavy atom. The number of aliphatic hydroxyl groups is 7. The van der Waals surface area contributed by atoms with Crippen molar-refractivity contribution in [1.29, 1.82) is 0 Å². The van der Waals surface area contributed by atoms with E-state index in [0.29, 0.717) is 5.69 Å². The molecule has 0 fully saturated rings. The third-order valence-electron chi connectivity index (χ3n) is 3.39. The minimum Gasteiger partial charge on any atom is -0.394 e. The predicted molar refractivity (Wildman–Crippen MR) is 79.7 cm³/mol. The number of ether oxygens (including phenoxy) is 1. The van der Waals surface area contributed by atoms with Gasteiger partial charge in [0.15, 0.2) is 0 Å². The molecule has 0 saturated carbocycles. The molecular weight excluding hydrogens is 324 g/mol. The summed E-state index contributed by atoms with van der Waals surface area (Å²) in [5.41, 5.74) is 0.338. The van der Waals surface area contributed by atoms with Crippen molar-refractivity contribution in [1.82, 2.24) is 9.97 Å². The molecule has 10 heteroatoms. The summed E-state index contributed by atoms with van der Waals surface area (Å²) in [6.07, 6.45) is -4.19. The topological polar surface area (TPSA) is 177 Å². The molecule has 0 radical (unpaired) electrons. The van der Waals surface area contributed by atoms with E-state index in [9.17, 15) is 20.4 Å². The summed E-state index contributed by atoms with van der Waals surface area (Å²) < 4.78 is 5.02. The highest BCUT2D eigenvalue weighted by molar-refractivity contribution is 5.08. The fourth-order valence-corrected chi connectivity index (χ4v) is 1.94. The van der Waals surface area contributed by atoms with E-state index < -0.39 is 43.7 Å². The van der Waals surface area contributed by atoms with Gasteiger partial charge in [-0.05, 0) is 0 Å². The molecule has 5 atom stereocenters. The Kier molecular flexibility index (Phi) is 9.18. The summed E-state index contributed by atoms with van der Waals surface area (Å²) in [5, 5.41) is 65.5. The fourth-order valence-electron chi connectivity index (χ4n) is 1.94. The summed E-state index contributed by atoms with van der Waals surface area (Å²) >= 11 is 0. The molecule has 0 aliphatic heterocycles. The van der Waals surface area contributed by atoms with Crippen molar-refractivity contribution in [2.45, 2.75) is 36.9 Å². The summed E-state index contributed by atoms with van der Waals surface area (Å²) in [4.78, 5) is 7.88. The van der Waals surface area contributed by atoms with Gasteiger partial charge in [0.2, 0.25) is 0 Å². The standard InChI is InChI=1S/C14H24N2O8/c17-1-2-24-12(7-19)14(23)13(22)9-5-15-8(4-16-9)3-10(20)11(21)6-18/h4-5,10-14,17-23H,1-3,6-7H2/t10-,11+,12-,13+,14+/m0/s1. The van der Waals surface area contributed by atoms with E-state index in [0.717, 1.165) is 0 Å². The Hall–Kier alpha value is -1.24. The molecule has 0 aliphatic carbocycles. The van der Waals surface area contributed by atoms with E-state index in [4.69, 9.17) is 20.1 Å². The molecule has 1 aromatic heterocycles. The van der Waals surface area contributed by atoms with Gasteiger partial charge in [-0.15, -0.1) is 0 Å². The molecule has 10 nitrogen and oxygen atoms in total. The van der Waals surface area contributed by atoms with Crippen molar-refractivity contribution >= 4 is 0 Å². The Bertz CT molecular complexity index is 461. The van der Waals surface area contributed by atoms with Gasteiger partial charge in [-0.2, -0.15) is 0 Å². The molecule has 0 aromatic carbocycles. The minimum absolute atomic E-state index is 0.0227. The minimum atomic E-state index is -1.48. The predicted octanol–water partition coefficient (Wildman–Crippen LogP) is -3.50. The third-order valence-corrected chi connectivity index (χ3v) is 3.39. The van der Waals surface area contributed by atoms with Crippen molar-refractivity contribution in [3.05, 3.63) is 23.8 Å². The van der Waals surface area contributed by atoms with Gasteiger partial charge in [0.05, 0.1) is 50.1 Å². The molecule has 0 bridgehead atoms. The average Bonchev–Trinajstić information content (AvgIpc) is 2.61. The first kappa shape index (κ1) is 20.8. The molecular formula is C14H24N2O8. The number of aliphatic hydroxyl groups excluding tert-OH is 7. The van der Waals surface area contributed by atoms with Crippen LogP contribution in [0.25, 0.3) is 0 Å². The lowest BCUT2D eigenvalue weighted by Crippen LogP contribution is -2.38. The van der Waals surface area contributed by atoms with E-state index >= 15 is 0 Å². The molecule has 0 unspecified atom stereocenters. The van der Waals surface area contributed by atoms with Crippen LogP contribution in [0.1, 0.15) is 17.5 Å². The summed E-state index contributed by atoms with van der Waals surface area (Å²) in [6, 6.07) is 0. The van der Waals surface area contributed by atoms with Gasteiger partial charge in [-0.3, -0.25) is 9.97 Å². The fraction of sp³-hybridized carbons (Fsp3) is 0.714. The highest BCUT2D eigenvalue weighted by Crippen LogP contribution is 2.18. The molecule has 1 aromatic rings. The second-order valence-electron chi connectivity index (χ2n) is 5.20. The zero-order valence-electron chi connectivity index (χ0n) is 13.0. The summed E-state index contributed by atoms with van der Waals surface area (Å²) in [7, 11) is 0. The SMILES string of the molecule is OCCO[C@@H](CO)[C@@H](O)[C@H](O)c1cnc(C[C@H](O)[C@H](O)CO)cn1. The molecule has 138 valence electrons. The van der Waals surface area contributed by atoms with E-state index in [1.54, 1.807) is 0 Å². The van der Waals surface area contributed by atoms with Crippen LogP contribution in [0.15, 0.2) is 12.4 Å². The van der Waals surface area contributed by atoms with E-state index in [2.05, 4.69) is 9.97 Å². The van der Waals surface area contributed by atoms with E-state index in [1.807, 2.05) is 0 Å². The first-order valence-electron chi connectivity index (χ1n) is 7.41. The van der Waals surface area contributed by atoms with E-state index in [1.165, 1.54) is 12.4 Å². The summed E-state index contributed by atoms with van der Waals surface area (Å²) in [6.45, 7) is -1.55. The van der Waals surface area contributed by atoms with Gasteiger partial charge in [0.25, 0.3) is 0 Å². The largest absolute Gasteiger partial charge is 0.394 e. The lowest BCUT2D eigenvalue weighted by atomic mass is 10.1. The third kappa shape index (κ3) is 6.00. The summed E-state index contributed by atoms with van der Waals surface area (Å²) in [5.74, 6) is 0. The van der Waals surface area contributed by atoms with Gasteiger partial charge in [-0.1, -0.05) is 0 Å². The van der Waals surface area contributed by atoms with Crippen LogP contribution in [-0.4, -0.2) is 96.6 Å². The number of hydrogen-bond donors (Lipinski definition) is 7. The lowest BCUT2D eigenvalue weighted by Gasteiger charge is -2.25. The molecule has 0 amide bonds. The van der Waals surface area contributed by atoms with Crippen molar-refractivity contribution in [3.63, 3.8) is 0 Å². The zero-order valence-corrected chi connectivity index (χ0v) is 13.0. The second kappa shape index (κ2) is 10.6. The quantitative estimate of drug-likeness (QED) is 0.212. The Labute approximate surface area is 138 Å². The highest BCUT2D eigenvalue weighted by atomic mass is 16.5. The maximum absolute atomic E-state index is 10.1. The maximum Gasteiger partial charge on any atom is 0.126 e. The normalized spacial score (nSPS) is 18.0. The molecule has 7 N–H and O–H groups in total. The van der Waals surface area contributed by atoms with Gasteiger partial charge >= 0.3 is 0 Å². The molecule has 0 saturated heterocycles. The van der Waals surface area contributed by atoms with Crippen LogP contribution in [-0.2, 0) is 11.2 Å². The molecule has 0 aliphatic rings. The first-order chi connectivity index (χ1) is 11.4. The van der Waals surface area contributed by atoms with Crippen LogP contribution < -0.4 is 0 Å². The van der Waals surface area contributed by atoms with Crippen molar-refractivity contribution in [3.8, 4) is 0 Å². The molecule has 24 heavy (non-hydrogen) atoms. The van der Waals surface area contributed by atoms with Crippen LogP contribution in [0.2, 0.25) is 0 Å². The van der Waals surface area contributed by atoms with Crippen LogP contribution in [0.4, 0.5) is 0 Å². The lowest BCUT2D eigenvalue weighted by molar-refractivity contribution is -0.113. The Morgan fingerprint density at radius 3 is 2.12 bits per heavy atom. The zero-order chi connectivity index (χ0) is 18.1.